The van der Waals surface area contributed by atoms with Crippen LogP contribution in [0.4, 0.5) is 0 Å². The molecule has 1 N–H and O–H groups in total. The highest BCUT2D eigenvalue weighted by molar-refractivity contribution is 9.10. The van der Waals surface area contributed by atoms with Gasteiger partial charge >= 0.3 is 0 Å². The fourth-order valence-corrected chi connectivity index (χ4v) is 3.68. The van der Waals surface area contributed by atoms with Crippen LogP contribution < -0.4 is 10.1 Å². The van der Waals surface area contributed by atoms with Gasteiger partial charge in [-0.25, -0.2) is 0 Å². The fourth-order valence-electron chi connectivity index (χ4n) is 3.28. The Hall–Kier alpha value is -1.58. The third kappa shape index (κ3) is 6.00. The van der Waals surface area contributed by atoms with Crippen LogP contribution >= 0.6 is 15.9 Å². The maximum Gasteiger partial charge on any atom is 0.124 e. The minimum atomic E-state index is 0.599. The van der Waals surface area contributed by atoms with Crippen LogP contribution in [-0.4, -0.2) is 6.54 Å². The predicted molar refractivity (Wildman–Crippen MR) is 113 cm³/mol. The largest absolute Gasteiger partial charge is 0.489 e. The van der Waals surface area contributed by atoms with Gasteiger partial charge in [0.2, 0.25) is 0 Å². The SMILES string of the molecule is Cc1ccc(COc2ccc(Br)cc2CNCCC2=CCCCC2)cc1. The summed E-state index contributed by atoms with van der Waals surface area (Å²) in [4.78, 5) is 0. The number of halogens is 1. The maximum atomic E-state index is 6.09. The van der Waals surface area contributed by atoms with E-state index in [2.05, 4.69) is 70.6 Å². The minimum Gasteiger partial charge on any atom is -0.489 e. The van der Waals surface area contributed by atoms with Crippen molar-refractivity contribution < 1.29 is 4.74 Å². The molecule has 0 saturated carbocycles. The number of nitrogens with one attached hydrogen (secondary N) is 1. The van der Waals surface area contributed by atoms with Crippen LogP contribution in [0.5, 0.6) is 5.75 Å². The van der Waals surface area contributed by atoms with Gasteiger partial charge in [-0.15, -0.1) is 0 Å². The van der Waals surface area contributed by atoms with Gasteiger partial charge in [-0.2, -0.15) is 0 Å². The van der Waals surface area contributed by atoms with Crippen LogP contribution in [0.15, 0.2) is 58.6 Å². The molecular formula is C23H28BrNO. The lowest BCUT2D eigenvalue weighted by Gasteiger charge is -2.15. The number of hydrogen-bond donors (Lipinski definition) is 1. The quantitative estimate of drug-likeness (QED) is 0.403. The molecule has 3 heteroatoms. The summed E-state index contributed by atoms with van der Waals surface area (Å²) in [6.45, 7) is 4.56. The average molecular weight is 414 g/mol. The second-order valence-electron chi connectivity index (χ2n) is 7.06. The number of aryl methyl sites for hydroxylation is 1. The molecule has 2 aromatic rings. The van der Waals surface area contributed by atoms with Gasteiger partial charge in [-0.3, -0.25) is 0 Å². The molecular weight excluding hydrogens is 386 g/mol. The van der Waals surface area contributed by atoms with Crippen LogP contribution in [0.25, 0.3) is 0 Å². The van der Waals surface area contributed by atoms with Crippen molar-refractivity contribution in [2.45, 2.75) is 52.2 Å². The molecule has 1 aliphatic carbocycles. The van der Waals surface area contributed by atoms with E-state index in [4.69, 9.17) is 4.74 Å². The highest BCUT2D eigenvalue weighted by Gasteiger charge is 2.07. The fraction of sp³-hybridized carbons (Fsp3) is 0.391. The first-order chi connectivity index (χ1) is 12.7. The van der Waals surface area contributed by atoms with E-state index in [0.29, 0.717) is 6.61 Å². The van der Waals surface area contributed by atoms with E-state index in [1.54, 1.807) is 5.57 Å². The first-order valence-corrected chi connectivity index (χ1v) is 10.4. The van der Waals surface area contributed by atoms with Crippen LogP contribution in [0, 0.1) is 6.92 Å². The third-order valence-corrected chi connectivity index (χ3v) is 5.35. The van der Waals surface area contributed by atoms with Gasteiger partial charge in [0, 0.05) is 16.6 Å². The van der Waals surface area contributed by atoms with Crippen molar-refractivity contribution in [3.8, 4) is 5.75 Å². The van der Waals surface area contributed by atoms with E-state index in [0.717, 1.165) is 29.7 Å². The van der Waals surface area contributed by atoms with Crippen molar-refractivity contribution in [3.63, 3.8) is 0 Å². The summed E-state index contributed by atoms with van der Waals surface area (Å²) in [5.74, 6) is 0.957. The molecule has 0 bridgehead atoms. The van der Waals surface area contributed by atoms with E-state index < -0.39 is 0 Å². The molecule has 0 radical (unpaired) electrons. The number of rotatable bonds is 8. The normalized spacial score (nSPS) is 14.2. The van der Waals surface area contributed by atoms with E-state index in [1.165, 1.54) is 42.4 Å². The Labute approximate surface area is 165 Å². The average Bonchev–Trinajstić information content (AvgIpc) is 2.67. The number of allylic oxidation sites excluding steroid dienone is 1. The summed E-state index contributed by atoms with van der Waals surface area (Å²) in [5, 5.41) is 3.58. The lowest BCUT2D eigenvalue weighted by Crippen LogP contribution is -2.16. The molecule has 1 aliphatic rings. The first-order valence-electron chi connectivity index (χ1n) is 9.56. The minimum absolute atomic E-state index is 0.599. The van der Waals surface area contributed by atoms with Crippen molar-refractivity contribution in [2.75, 3.05) is 6.54 Å². The van der Waals surface area contributed by atoms with Gasteiger partial charge in [-0.1, -0.05) is 57.4 Å². The van der Waals surface area contributed by atoms with Crippen molar-refractivity contribution in [1.82, 2.24) is 5.32 Å². The van der Waals surface area contributed by atoms with Crippen LogP contribution in [0.2, 0.25) is 0 Å². The van der Waals surface area contributed by atoms with E-state index in [9.17, 15) is 0 Å². The Morgan fingerprint density at radius 2 is 1.92 bits per heavy atom. The second-order valence-corrected chi connectivity index (χ2v) is 7.98. The van der Waals surface area contributed by atoms with E-state index in [-0.39, 0.29) is 0 Å². The number of benzene rings is 2. The summed E-state index contributed by atoms with van der Waals surface area (Å²) in [6.07, 6.45) is 8.85. The summed E-state index contributed by atoms with van der Waals surface area (Å²) in [6, 6.07) is 14.8. The van der Waals surface area contributed by atoms with Crippen molar-refractivity contribution >= 4 is 15.9 Å². The maximum absolute atomic E-state index is 6.09. The molecule has 0 unspecified atom stereocenters. The Morgan fingerprint density at radius 3 is 2.69 bits per heavy atom. The summed E-state index contributed by atoms with van der Waals surface area (Å²) < 4.78 is 7.18. The zero-order valence-electron chi connectivity index (χ0n) is 15.6. The van der Waals surface area contributed by atoms with Gasteiger partial charge < -0.3 is 10.1 Å². The lowest BCUT2D eigenvalue weighted by molar-refractivity contribution is 0.302. The van der Waals surface area contributed by atoms with Crippen LogP contribution in [-0.2, 0) is 13.2 Å². The Bertz CT molecular complexity index is 736. The first kappa shape index (κ1) is 19.2. The molecule has 0 amide bonds. The molecule has 2 aromatic carbocycles. The Kier molecular flexibility index (Phi) is 7.33. The highest BCUT2D eigenvalue weighted by atomic mass is 79.9. The smallest absolute Gasteiger partial charge is 0.124 e. The molecule has 0 heterocycles. The summed E-state index contributed by atoms with van der Waals surface area (Å²) in [5.41, 5.74) is 5.29. The molecule has 0 aliphatic heterocycles. The monoisotopic (exact) mass is 413 g/mol. The third-order valence-electron chi connectivity index (χ3n) is 4.86. The van der Waals surface area contributed by atoms with Crippen molar-refractivity contribution in [3.05, 3.63) is 75.3 Å². The summed E-state index contributed by atoms with van der Waals surface area (Å²) >= 11 is 3.58. The lowest BCUT2D eigenvalue weighted by atomic mass is 9.97. The molecule has 2 nitrogen and oxygen atoms in total. The molecule has 0 fully saturated rings. The topological polar surface area (TPSA) is 21.3 Å². The van der Waals surface area contributed by atoms with Crippen molar-refractivity contribution in [2.24, 2.45) is 0 Å². The number of ether oxygens (including phenoxy) is 1. The molecule has 0 atom stereocenters. The zero-order valence-corrected chi connectivity index (χ0v) is 17.1. The summed E-state index contributed by atoms with van der Waals surface area (Å²) in [7, 11) is 0. The highest BCUT2D eigenvalue weighted by Crippen LogP contribution is 2.24. The molecule has 138 valence electrons. The van der Waals surface area contributed by atoms with Crippen LogP contribution in [0.3, 0.4) is 0 Å². The van der Waals surface area contributed by atoms with E-state index in [1.807, 2.05) is 6.07 Å². The number of hydrogen-bond acceptors (Lipinski definition) is 2. The molecule has 26 heavy (non-hydrogen) atoms. The van der Waals surface area contributed by atoms with Gasteiger partial charge in [0.25, 0.3) is 0 Å². The predicted octanol–water partition coefficient (Wildman–Crippen LogP) is 6.32. The molecule has 0 spiro atoms. The molecule has 0 aromatic heterocycles. The van der Waals surface area contributed by atoms with Crippen molar-refractivity contribution in [1.29, 1.82) is 0 Å². The molecule has 3 rings (SSSR count). The van der Waals surface area contributed by atoms with E-state index >= 15 is 0 Å². The standard InChI is InChI=1S/C23H28BrNO/c1-18-7-9-20(10-8-18)17-26-23-12-11-22(24)15-21(23)16-25-14-13-19-5-3-2-4-6-19/h5,7-12,15,25H,2-4,6,13-14,16-17H2,1H3. The van der Waals surface area contributed by atoms with Gasteiger partial charge in [-0.05, 0) is 69.3 Å². The van der Waals surface area contributed by atoms with Crippen LogP contribution in [0.1, 0.15) is 48.8 Å². The van der Waals surface area contributed by atoms with Gasteiger partial charge in [0.05, 0.1) is 0 Å². The molecule has 0 saturated heterocycles. The Balaban J connectivity index is 1.53. The second kappa shape index (κ2) is 9.94. The van der Waals surface area contributed by atoms with Gasteiger partial charge in [0.1, 0.15) is 12.4 Å². The van der Waals surface area contributed by atoms with Gasteiger partial charge in [0.15, 0.2) is 0 Å². The zero-order chi connectivity index (χ0) is 18.2. The Morgan fingerprint density at radius 1 is 1.08 bits per heavy atom.